The van der Waals surface area contributed by atoms with Crippen molar-refractivity contribution in [3.8, 4) is 11.5 Å². The topological polar surface area (TPSA) is 170 Å². The SMILES string of the molecule is COc1ccccc1C(=O)NNc1ncnc(NNC(=O)c2ccccc2OC)c1[N+](=O)[O-]. The Bertz CT molecular complexity index is 1110. The molecule has 4 N–H and O–H groups in total. The van der Waals surface area contributed by atoms with Crippen molar-refractivity contribution in [3.05, 3.63) is 76.1 Å². The first kappa shape index (κ1) is 22.7. The monoisotopic (exact) mass is 453 g/mol. The molecule has 2 aromatic carbocycles. The normalized spacial score (nSPS) is 10.0. The lowest BCUT2D eigenvalue weighted by Gasteiger charge is -2.13. The molecule has 1 aromatic heterocycles. The maximum atomic E-state index is 12.4. The van der Waals surface area contributed by atoms with Crippen molar-refractivity contribution in [2.75, 3.05) is 25.1 Å². The number of nitrogens with zero attached hydrogens (tertiary/aromatic N) is 3. The Morgan fingerprint density at radius 1 is 0.818 bits per heavy atom. The van der Waals surface area contributed by atoms with Gasteiger partial charge in [0.05, 0.1) is 30.3 Å². The van der Waals surface area contributed by atoms with E-state index in [2.05, 4.69) is 31.7 Å². The van der Waals surface area contributed by atoms with Crippen LogP contribution in [-0.4, -0.2) is 40.9 Å². The number of hydrogen-bond acceptors (Lipinski definition) is 10. The van der Waals surface area contributed by atoms with Crippen molar-refractivity contribution in [3.63, 3.8) is 0 Å². The molecule has 0 unspecified atom stereocenters. The quantitative estimate of drug-likeness (QED) is 0.277. The predicted molar refractivity (Wildman–Crippen MR) is 117 cm³/mol. The molecule has 0 fully saturated rings. The number of anilines is 2. The Labute approximate surface area is 187 Å². The number of nitrogens with one attached hydrogen (secondary N) is 4. The van der Waals surface area contributed by atoms with Gasteiger partial charge >= 0.3 is 5.69 Å². The first-order valence-electron chi connectivity index (χ1n) is 9.34. The van der Waals surface area contributed by atoms with E-state index in [1.807, 2.05) is 0 Å². The molecule has 0 bridgehead atoms. The van der Waals surface area contributed by atoms with Gasteiger partial charge in [0.1, 0.15) is 17.8 Å². The molecule has 0 aliphatic rings. The van der Waals surface area contributed by atoms with Crippen LogP contribution in [0.25, 0.3) is 0 Å². The molecule has 0 saturated carbocycles. The van der Waals surface area contributed by atoms with E-state index in [0.717, 1.165) is 6.33 Å². The number of hydrogen-bond donors (Lipinski definition) is 4. The largest absolute Gasteiger partial charge is 0.496 e. The first-order chi connectivity index (χ1) is 16.0. The lowest BCUT2D eigenvalue weighted by atomic mass is 10.2. The maximum Gasteiger partial charge on any atom is 0.356 e. The second-order valence-corrected chi connectivity index (χ2v) is 6.24. The third-order valence-electron chi connectivity index (χ3n) is 4.30. The van der Waals surface area contributed by atoms with Gasteiger partial charge in [0, 0.05) is 0 Å². The van der Waals surface area contributed by atoms with Gasteiger partial charge in [-0.05, 0) is 24.3 Å². The van der Waals surface area contributed by atoms with Crippen LogP contribution in [0.2, 0.25) is 0 Å². The van der Waals surface area contributed by atoms with E-state index in [4.69, 9.17) is 9.47 Å². The number of aromatic nitrogens is 2. The van der Waals surface area contributed by atoms with E-state index in [0.29, 0.717) is 11.5 Å². The van der Waals surface area contributed by atoms with Crippen molar-refractivity contribution in [2.24, 2.45) is 0 Å². The average molecular weight is 453 g/mol. The van der Waals surface area contributed by atoms with Crippen LogP contribution in [0, 0.1) is 10.1 Å². The van der Waals surface area contributed by atoms with Crippen molar-refractivity contribution in [1.82, 2.24) is 20.8 Å². The van der Waals surface area contributed by atoms with Gasteiger partial charge in [-0.25, -0.2) is 9.97 Å². The molecule has 0 saturated heterocycles. The third-order valence-corrected chi connectivity index (χ3v) is 4.30. The highest BCUT2D eigenvalue weighted by molar-refractivity contribution is 5.98. The molecule has 0 aliphatic heterocycles. The number of amides is 2. The highest BCUT2D eigenvalue weighted by Gasteiger charge is 2.24. The third kappa shape index (κ3) is 5.22. The summed E-state index contributed by atoms with van der Waals surface area (Å²) in [5.41, 5.74) is 9.24. The lowest BCUT2D eigenvalue weighted by Crippen LogP contribution is -2.32. The highest BCUT2D eigenvalue weighted by atomic mass is 16.6. The zero-order valence-electron chi connectivity index (χ0n) is 17.5. The summed E-state index contributed by atoms with van der Waals surface area (Å²) < 4.78 is 10.3. The standard InChI is InChI=1S/C20H19N7O6/c1-32-14-9-5-3-7-12(14)19(28)25-23-17-16(27(30)31)18(22-11-21-17)24-26-20(29)13-8-4-6-10-15(13)33-2/h3-11H,1-2H3,(H,25,28)(H,26,29)(H2,21,22,23,24). The average Bonchev–Trinajstić information content (AvgIpc) is 2.85. The summed E-state index contributed by atoms with van der Waals surface area (Å²) in [6, 6.07) is 12.9. The van der Waals surface area contributed by atoms with Crippen LogP contribution in [0.5, 0.6) is 11.5 Å². The molecule has 13 nitrogen and oxygen atoms in total. The molecular weight excluding hydrogens is 434 g/mol. The Hall–Kier alpha value is -4.94. The van der Waals surface area contributed by atoms with Crippen LogP contribution in [0.15, 0.2) is 54.9 Å². The fourth-order valence-electron chi connectivity index (χ4n) is 2.77. The van der Waals surface area contributed by atoms with Gasteiger partial charge in [0.25, 0.3) is 11.8 Å². The number of rotatable bonds is 9. The number of hydrazine groups is 2. The molecule has 0 spiro atoms. The van der Waals surface area contributed by atoms with Gasteiger partial charge in [-0.3, -0.25) is 41.4 Å². The van der Waals surface area contributed by atoms with Crippen LogP contribution < -0.4 is 31.2 Å². The molecule has 3 rings (SSSR count). The lowest BCUT2D eigenvalue weighted by molar-refractivity contribution is -0.383. The van der Waals surface area contributed by atoms with Gasteiger partial charge in [0.15, 0.2) is 0 Å². The highest BCUT2D eigenvalue weighted by Crippen LogP contribution is 2.28. The van der Waals surface area contributed by atoms with Gasteiger partial charge in [-0.2, -0.15) is 0 Å². The van der Waals surface area contributed by atoms with E-state index in [-0.39, 0.29) is 22.8 Å². The van der Waals surface area contributed by atoms with Crippen molar-refractivity contribution >= 4 is 29.1 Å². The second kappa shape index (κ2) is 10.4. The molecule has 3 aromatic rings. The molecule has 0 atom stereocenters. The minimum atomic E-state index is -0.769. The van der Waals surface area contributed by atoms with Crippen LogP contribution in [0.4, 0.5) is 17.3 Å². The summed E-state index contributed by atoms with van der Waals surface area (Å²) in [4.78, 5) is 43.4. The Morgan fingerprint density at radius 2 is 1.24 bits per heavy atom. The molecule has 170 valence electrons. The minimum absolute atomic E-state index is 0.201. The molecule has 2 amide bonds. The summed E-state index contributed by atoms with van der Waals surface area (Å²) in [5.74, 6) is -1.22. The first-order valence-corrected chi connectivity index (χ1v) is 9.34. The van der Waals surface area contributed by atoms with E-state index >= 15 is 0 Å². The van der Waals surface area contributed by atoms with Crippen LogP contribution in [-0.2, 0) is 0 Å². The molecule has 0 aliphatic carbocycles. The Morgan fingerprint density at radius 3 is 1.64 bits per heavy atom. The van der Waals surface area contributed by atoms with E-state index in [1.165, 1.54) is 26.4 Å². The number of nitro groups is 1. The minimum Gasteiger partial charge on any atom is -0.496 e. The van der Waals surface area contributed by atoms with Gasteiger partial charge < -0.3 is 9.47 Å². The zero-order chi connectivity index (χ0) is 23.8. The fourth-order valence-corrected chi connectivity index (χ4v) is 2.77. The Balaban J connectivity index is 1.76. The summed E-state index contributed by atoms with van der Waals surface area (Å²) in [7, 11) is 2.82. The molecule has 1 heterocycles. The van der Waals surface area contributed by atoms with Crippen LogP contribution >= 0.6 is 0 Å². The second-order valence-electron chi connectivity index (χ2n) is 6.24. The molecular formula is C20H19N7O6. The van der Waals surface area contributed by atoms with Gasteiger partial charge in [-0.1, -0.05) is 24.3 Å². The van der Waals surface area contributed by atoms with Crippen LogP contribution in [0.3, 0.4) is 0 Å². The Kier molecular flexibility index (Phi) is 7.16. The van der Waals surface area contributed by atoms with Crippen molar-refractivity contribution < 1.29 is 24.0 Å². The van der Waals surface area contributed by atoms with E-state index in [9.17, 15) is 19.7 Å². The number of carbonyl (C=O) groups excluding carboxylic acids is 2. The molecule has 0 radical (unpaired) electrons. The van der Waals surface area contributed by atoms with E-state index in [1.54, 1.807) is 36.4 Å². The van der Waals surface area contributed by atoms with Crippen molar-refractivity contribution in [2.45, 2.75) is 0 Å². The molecule has 13 heteroatoms. The van der Waals surface area contributed by atoms with E-state index < -0.39 is 22.4 Å². The number of carbonyl (C=O) groups is 2. The number of ether oxygens (including phenoxy) is 2. The van der Waals surface area contributed by atoms with Gasteiger partial charge in [-0.15, -0.1) is 0 Å². The van der Waals surface area contributed by atoms with Gasteiger partial charge in [0.2, 0.25) is 11.6 Å². The predicted octanol–water partition coefficient (Wildman–Crippen LogP) is 1.92. The zero-order valence-corrected chi connectivity index (χ0v) is 17.5. The summed E-state index contributed by atoms with van der Waals surface area (Å²) in [6.07, 6.45) is 1.02. The fraction of sp³-hybridized carbons (Fsp3) is 0.100. The number of para-hydroxylation sites is 2. The molecule has 33 heavy (non-hydrogen) atoms. The number of methoxy groups -OCH3 is 2. The van der Waals surface area contributed by atoms with Crippen LogP contribution in [0.1, 0.15) is 20.7 Å². The van der Waals surface area contributed by atoms with Crippen molar-refractivity contribution in [1.29, 1.82) is 0 Å². The summed E-state index contributed by atoms with van der Waals surface area (Å²) in [5, 5.41) is 11.7. The smallest absolute Gasteiger partial charge is 0.356 e. The number of benzene rings is 2. The summed E-state index contributed by atoms with van der Waals surface area (Å²) in [6.45, 7) is 0. The maximum absolute atomic E-state index is 12.4. The summed E-state index contributed by atoms with van der Waals surface area (Å²) >= 11 is 0.